The van der Waals surface area contributed by atoms with Gasteiger partial charge in [0.15, 0.2) is 0 Å². The molecule has 0 atom stereocenters. The predicted octanol–water partition coefficient (Wildman–Crippen LogP) is 5.17. The number of esters is 1. The van der Waals surface area contributed by atoms with Gasteiger partial charge in [0.25, 0.3) is 11.8 Å². The van der Waals surface area contributed by atoms with E-state index in [-0.39, 0.29) is 25.0 Å². The Labute approximate surface area is 207 Å². The topological polar surface area (TPSA) is 76.6 Å². The van der Waals surface area contributed by atoms with E-state index in [2.05, 4.69) is 6.08 Å². The fourth-order valence-corrected chi connectivity index (χ4v) is 5.01. The first-order valence-corrected chi connectivity index (χ1v) is 11.9. The molecule has 1 aliphatic heterocycles. The first-order chi connectivity index (χ1) is 17.6. The van der Waals surface area contributed by atoms with E-state index in [9.17, 15) is 14.4 Å². The summed E-state index contributed by atoms with van der Waals surface area (Å²) in [5, 5.41) is 0.739. The predicted molar refractivity (Wildman–Crippen MR) is 136 cm³/mol. The minimum absolute atomic E-state index is 0.00243. The molecule has 2 heterocycles. The third-order valence-corrected chi connectivity index (χ3v) is 6.71. The minimum Gasteiger partial charge on any atom is -0.460 e. The highest BCUT2D eigenvalue weighted by Crippen LogP contribution is 2.37. The molecule has 6 rings (SSSR count). The van der Waals surface area contributed by atoms with Crippen molar-refractivity contribution in [2.45, 2.75) is 12.8 Å². The zero-order valence-corrected chi connectivity index (χ0v) is 19.4. The largest absolute Gasteiger partial charge is 0.460 e. The van der Waals surface area contributed by atoms with Crippen LogP contribution >= 0.6 is 0 Å². The molecule has 0 fully saturated rings. The number of hydrogen-bond donors (Lipinski definition) is 0. The number of carbonyl (C=O) groups excluding carboxylic acids is 3. The highest BCUT2D eigenvalue weighted by atomic mass is 16.5. The van der Waals surface area contributed by atoms with Crippen molar-refractivity contribution in [2.24, 2.45) is 0 Å². The van der Waals surface area contributed by atoms with Crippen LogP contribution in [0.3, 0.4) is 0 Å². The lowest BCUT2D eigenvalue weighted by Crippen LogP contribution is -2.33. The number of carbonyl (C=O) groups is 3. The van der Waals surface area contributed by atoms with Crippen LogP contribution in [0.25, 0.3) is 22.6 Å². The molecular weight excluding hydrogens is 452 g/mol. The molecule has 2 amide bonds. The third-order valence-electron chi connectivity index (χ3n) is 6.71. The summed E-state index contributed by atoms with van der Waals surface area (Å²) in [6.45, 7) is -0.0785. The Morgan fingerprint density at radius 3 is 2.28 bits per heavy atom. The Hall–Kier alpha value is -4.58. The number of allylic oxidation sites excluding steroid dienone is 1. The van der Waals surface area contributed by atoms with E-state index >= 15 is 0 Å². The van der Waals surface area contributed by atoms with E-state index in [0.717, 1.165) is 44.6 Å². The van der Waals surface area contributed by atoms with Crippen LogP contribution in [0.4, 0.5) is 0 Å². The van der Waals surface area contributed by atoms with Crippen molar-refractivity contribution in [3.05, 3.63) is 112 Å². The average molecular weight is 475 g/mol. The lowest BCUT2D eigenvalue weighted by molar-refractivity contribution is 0.0421. The maximum Gasteiger partial charge on any atom is 0.339 e. The molecule has 0 spiro atoms. The van der Waals surface area contributed by atoms with Gasteiger partial charge >= 0.3 is 5.97 Å². The number of fused-ring (bicyclic) bond motifs is 3. The number of imide groups is 1. The molecule has 0 radical (unpaired) electrons. The minimum atomic E-state index is -0.470. The van der Waals surface area contributed by atoms with Gasteiger partial charge in [-0.2, -0.15) is 0 Å². The normalized spacial score (nSPS) is 15.4. The molecule has 6 heteroatoms. The van der Waals surface area contributed by atoms with Crippen molar-refractivity contribution in [1.29, 1.82) is 0 Å². The lowest BCUT2D eigenvalue weighted by atomic mass is 10.0. The zero-order chi connectivity index (χ0) is 24.6. The molecule has 6 nitrogen and oxygen atoms in total. The molecule has 3 aromatic carbocycles. The summed E-state index contributed by atoms with van der Waals surface area (Å²) in [5.74, 6) is -1.20. The van der Waals surface area contributed by atoms with Gasteiger partial charge in [-0.1, -0.05) is 60.7 Å². The molecule has 176 valence electrons. The number of para-hydroxylation sites is 1. The number of amides is 2. The summed E-state index contributed by atoms with van der Waals surface area (Å²) in [4.78, 5) is 44.6. The molecule has 0 saturated carbocycles. The number of hydrogen-bond acceptors (Lipinski definition) is 5. The fourth-order valence-electron chi connectivity index (χ4n) is 5.01. The van der Waals surface area contributed by atoms with Crippen molar-refractivity contribution in [1.82, 2.24) is 9.88 Å². The number of nitrogens with zero attached hydrogens (tertiary/aromatic N) is 2. The van der Waals surface area contributed by atoms with Gasteiger partial charge < -0.3 is 4.74 Å². The van der Waals surface area contributed by atoms with Gasteiger partial charge in [-0.05, 0) is 53.8 Å². The Kier molecular flexibility index (Phi) is 5.41. The summed E-state index contributed by atoms with van der Waals surface area (Å²) in [6.07, 6.45) is 3.59. The molecule has 0 unspecified atom stereocenters. The van der Waals surface area contributed by atoms with Crippen LogP contribution in [0.5, 0.6) is 0 Å². The van der Waals surface area contributed by atoms with Crippen LogP contribution in [-0.2, 0) is 11.2 Å². The highest BCUT2D eigenvalue weighted by Gasteiger charge is 2.35. The Bertz CT molecular complexity index is 1540. The number of ether oxygens (including phenoxy) is 1. The summed E-state index contributed by atoms with van der Waals surface area (Å²) in [7, 11) is 0. The van der Waals surface area contributed by atoms with Gasteiger partial charge in [0.2, 0.25) is 0 Å². The Morgan fingerprint density at radius 1 is 0.861 bits per heavy atom. The molecule has 0 saturated heterocycles. The van der Waals surface area contributed by atoms with Gasteiger partial charge in [0, 0.05) is 5.39 Å². The van der Waals surface area contributed by atoms with Crippen LogP contribution in [0.2, 0.25) is 0 Å². The summed E-state index contributed by atoms with van der Waals surface area (Å²) < 4.78 is 5.64. The SMILES string of the molecule is O=C(OCCN1C(=O)c2ccccc2C1=O)c1c2c(nc3ccccc13)C(=Cc1ccccc1)CC2. The van der Waals surface area contributed by atoms with Crippen molar-refractivity contribution in [3.63, 3.8) is 0 Å². The third kappa shape index (κ3) is 3.67. The van der Waals surface area contributed by atoms with Crippen molar-refractivity contribution >= 4 is 40.3 Å². The van der Waals surface area contributed by atoms with Crippen molar-refractivity contribution in [3.8, 4) is 0 Å². The van der Waals surface area contributed by atoms with E-state index in [1.807, 2.05) is 54.6 Å². The summed E-state index contributed by atoms with van der Waals surface area (Å²) in [5.41, 5.74) is 5.86. The van der Waals surface area contributed by atoms with Gasteiger partial charge in [-0.15, -0.1) is 0 Å². The van der Waals surface area contributed by atoms with Crippen LogP contribution in [0.15, 0.2) is 78.9 Å². The van der Waals surface area contributed by atoms with Crippen molar-refractivity contribution in [2.75, 3.05) is 13.2 Å². The standard InChI is InChI=1S/C30H22N2O4/c33-28-21-10-4-5-11-22(21)29(34)32(28)16-17-36-30(35)26-23-12-6-7-13-25(23)31-27-20(14-15-24(26)27)18-19-8-2-1-3-9-19/h1-13,18H,14-17H2. The van der Waals surface area contributed by atoms with Crippen LogP contribution in [0.1, 0.15) is 54.3 Å². The van der Waals surface area contributed by atoms with Crippen molar-refractivity contribution < 1.29 is 19.1 Å². The molecule has 2 aliphatic rings. The second-order valence-corrected chi connectivity index (χ2v) is 8.85. The Balaban J connectivity index is 1.27. The molecule has 1 aliphatic carbocycles. The van der Waals surface area contributed by atoms with E-state index in [4.69, 9.17) is 9.72 Å². The van der Waals surface area contributed by atoms with Crippen LogP contribution in [0, 0.1) is 0 Å². The van der Waals surface area contributed by atoms with Gasteiger partial charge in [0.05, 0.1) is 34.4 Å². The van der Waals surface area contributed by atoms with E-state index in [1.165, 1.54) is 0 Å². The van der Waals surface area contributed by atoms with Crippen LogP contribution in [-0.4, -0.2) is 40.8 Å². The first-order valence-electron chi connectivity index (χ1n) is 11.9. The number of pyridine rings is 1. The maximum absolute atomic E-state index is 13.4. The summed E-state index contributed by atoms with van der Waals surface area (Å²) >= 11 is 0. The van der Waals surface area contributed by atoms with Gasteiger partial charge in [0.1, 0.15) is 6.61 Å². The fraction of sp³-hybridized carbons (Fsp3) is 0.133. The highest BCUT2D eigenvalue weighted by molar-refractivity contribution is 6.21. The number of aromatic nitrogens is 1. The van der Waals surface area contributed by atoms with E-state index < -0.39 is 5.97 Å². The maximum atomic E-state index is 13.4. The first kappa shape index (κ1) is 21.9. The van der Waals surface area contributed by atoms with Gasteiger partial charge in [-0.3, -0.25) is 14.5 Å². The average Bonchev–Trinajstić information content (AvgIpc) is 3.41. The molecular formula is C30H22N2O4. The quantitative estimate of drug-likeness (QED) is 0.294. The lowest BCUT2D eigenvalue weighted by Gasteiger charge is -2.15. The molecule has 0 bridgehead atoms. The number of benzene rings is 3. The molecule has 0 N–H and O–H groups in total. The van der Waals surface area contributed by atoms with Crippen LogP contribution < -0.4 is 0 Å². The second-order valence-electron chi connectivity index (χ2n) is 8.85. The smallest absolute Gasteiger partial charge is 0.339 e. The van der Waals surface area contributed by atoms with E-state index in [1.54, 1.807) is 24.3 Å². The number of rotatable bonds is 5. The second kappa shape index (κ2) is 8.89. The Morgan fingerprint density at radius 2 is 1.53 bits per heavy atom. The summed E-state index contributed by atoms with van der Waals surface area (Å²) in [6, 6.07) is 24.3. The van der Waals surface area contributed by atoms with E-state index in [0.29, 0.717) is 23.1 Å². The molecule has 4 aromatic rings. The monoisotopic (exact) mass is 474 g/mol. The zero-order valence-electron chi connectivity index (χ0n) is 19.4. The molecule has 1 aromatic heterocycles. The molecule has 36 heavy (non-hydrogen) atoms. The van der Waals surface area contributed by atoms with Gasteiger partial charge in [-0.25, -0.2) is 9.78 Å².